The Labute approximate surface area is 213 Å². The molecule has 0 bridgehead atoms. The van der Waals surface area contributed by atoms with Crippen LogP contribution in [0, 0.1) is 5.92 Å². The van der Waals surface area contributed by atoms with Crippen LogP contribution < -0.4 is 10.2 Å². The van der Waals surface area contributed by atoms with Crippen LogP contribution in [0.4, 0.5) is 5.69 Å². The topological polar surface area (TPSA) is 65.5 Å². The molecular formula is C30H36N4O2. The largest absolute Gasteiger partial charge is 0.371 e. The van der Waals surface area contributed by atoms with E-state index in [0.717, 1.165) is 49.7 Å². The Morgan fingerprint density at radius 1 is 1.06 bits per heavy atom. The van der Waals surface area contributed by atoms with Gasteiger partial charge in [-0.15, -0.1) is 0 Å². The molecule has 3 aromatic rings. The van der Waals surface area contributed by atoms with E-state index in [1.165, 1.54) is 16.6 Å². The maximum Gasteiger partial charge on any atom is 0.253 e. The van der Waals surface area contributed by atoms with Gasteiger partial charge in [0.05, 0.1) is 6.04 Å². The SMILES string of the molecule is CC(C)CC(=O)NC1CCc2ccc(C(=O)N(C)C3CCN(c4ccc5cnccc5c4)CC3)cc21. The summed E-state index contributed by atoms with van der Waals surface area (Å²) in [4.78, 5) is 34.3. The number of nitrogens with zero attached hydrogens (tertiary/aromatic N) is 3. The summed E-state index contributed by atoms with van der Waals surface area (Å²) in [5.41, 5.74) is 4.29. The molecule has 1 atom stereocenters. The molecule has 2 amide bonds. The summed E-state index contributed by atoms with van der Waals surface area (Å²) >= 11 is 0. The van der Waals surface area contributed by atoms with Crippen molar-refractivity contribution in [2.45, 2.75) is 58.0 Å². The highest BCUT2D eigenvalue weighted by Gasteiger charge is 2.29. The van der Waals surface area contributed by atoms with Gasteiger partial charge in [0, 0.05) is 61.6 Å². The number of carbonyl (C=O) groups is 2. The van der Waals surface area contributed by atoms with Gasteiger partial charge in [0.1, 0.15) is 0 Å². The predicted octanol–water partition coefficient (Wildman–Crippen LogP) is 5.13. The van der Waals surface area contributed by atoms with Crippen molar-refractivity contribution in [2.75, 3.05) is 25.0 Å². The average Bonchev–Trinajstić information content (AvgIpc) is 3.28. The minimum atomic E-state index is 0.00489. The van der Waals surface area contributed by atoms with Crippen LogP contribution in [0.1, 0.15) is 67.1 Å². The van der Waals surface area contributed by atoms with Gasteiger partial charge in [-0.05, 0) is 78.4 Å². The van der Waals surface area contributed by atoms with E-state index >= 15 is 0 Å². The smallest absolute Gasteiger partial charge is 0.253 e. The molecule has 1 fully saturated rings. The molecule has 1 saturated heterocycles. The fraction of sp³-hybridized carbons (Fsp3) is 0.433. The number of pyridine rings is 1. The predicted molar refractivity (Wildman–Crippen MR) is 144 cm³/mol. The van der Waals surface area contributed by atoms with E-state index in [2.05, 4.69) is 59.4 Å². The van der Waals surface area contributed by atoms with Crippen molar-refractivity contribution >= 4 is 28.3 Å². The van der Waals surface area contributed by atoms with Gasteiger partial charge >= 0.3 is 0 Å². The number of nitrogens with one attached hydrogen (secondary N) is 1. The summed E-state index contributed by atoms with van der Waals surface area (Å²) in [6.45, 7) is 5.96. The highest BCUT2D eigenvalue weighted by atomic mass is 16.2. The number of hydrogen-bond donors (Lipinski definition) is 1. The zero-order chi connectivity index (χ0) is 25.2. The molecule has 0 radical (unpaired) electrons. The number of fused-ring (bicyclic) bond motifs is 2. The van der Waals surface area contributed by atoms with Crippen molar-refractivity contribution in [1.29, 1.82) is 0 Å². The first-order chi connectivity index (χ1) is 17.4. The Hall–Kier alpha value is -3.41. The van der Waals surface area contributed by atoms with Gasteiger partial charge in [-0.2, -0.15) is 0 Å². The molecule has 2 aliphatic rings. The van der Waals surface area contributed by atoms with Crippen molar-refractivity contribution in [2.24, 2.45) is 5.92 Å². The van der Waals surface area contributed by atoms with Gasteiger partial charge in [-0.25, -0.2) is 0 Å². The van der Waals surface area contributed by atoms with Crippen LogP contribution in [0.3, 0.4) is 0 Å². The fourth-order valence-electron chi connectivity index (χ4n) is 5.66. The third kappa shape index (κ3) is 5.08. The lowest BCUT2D eigenvalue weighted by Crippen LogP contribution is -2.45. The first kappa shape index (κ1) is 24.3. The number of aryl methyl sites for hydroxylation is 1. The van der Waals surface area contributed by atoms with Crippen molar-refractivity contribution in [3.8, 4) is 0 Å². The van der Waals surface area contributed by atoms with Gasteiger partial charge < -0.3 is 15.1 Å². The quantitative estimate of drug-likeness (QED) is 0.527. The van der Waals surface area contributed by atoms with E-state index in [1.54, 1.807) is 0 Å². The lowest BCUT2D eigenvalue weighted by molar-refractivity contribution is -0.122. The van der Waals surface area contributed by atoms with Crippen LogP contribution in [0.25, 0.3) is 10.8 Å². The maximum absolute atomic E-state index is 13.4. The molecule has 36 heavy (non-hydrogen) atoms. The van der Waals surface area contributed by atoms with Crippen molar-refractivity contribution in [3.05, 3.63) is 71.5 Å². The van der Waals surface area contributed by atoms with Crippen LogP contribution in [-0.4, -0.2) is 47.9 Å². The molecule has 2 aromatic carbocycles. The maximum atomic E-state index is 13.4. The molecular weight excluding hydrogens is 448 g/mol. The zero-order valence-electron chi connectivity index (χ0n) is 21.5. The summed E-state index contributed by atoms with van der Waals surface area (Å²) in [6.07, 6.45) is 7.98. The number of benzene rings is 2. The van der Waals surface area contributed by atoms with Gasteiger partial charge in [0.15, 0.2) is 0 Å². The van der Waals surface area contributed by atoms with Gasteiger partial charge in [-0.3, -0.25) is 14.6 Å². The summed E-state index contributed by atoms with van der Waals surface area (Å²) in [7, 11) is 1.93. The van der Waals surface area contributed by atoms with Gasteiger partial charge in [0.25, 0.3) is 5.91 Å². The van der Waals surface area contributed by atoms with Crippen molar-refractivity contribution in [1.82, 2.24) is 15.2 Å². The summed E-state index contributed by atoms with van der Waals surface area (Å²) in [5, 5.41) is 5.54. The normalized spacial score (nSPS) is 17.9. The standard InChI is InChI=1S/C30H36N4O2/c1-20(2)16-29(35)32-28-9-7-21-4-5-23(18-27(21)28)30(36)33(3)25-11-14-34(15-12-25)26-8-6-24-19-31-13-10-22(24)17-26/h4-6,8,10,13,17-20,25,28H,7,9,11-12,14-16H2,1-3H3,(H,32,35). The number of aromatic nitrogens is 1. The first-order valence-corrected chi connectivity index (χ1v) is 13.2. The van der Waals surface area contributed by atoms with Gasteiger partial charge in [-0.1, -0.05) is 26.0 Å². The summed E-state index contributed by atoms with van der Waals surface area (Å²) in [5.74, 6) is 0.484. The average molecular weight is 485 g/mol. The highest BCUT2D eigenvalue weighted by molar-refractivity contribution is 5.94. The van der Waals surface area contributed by atoms with Crippen LogP contribution in [0.2, 0.25) is 0 Å². The Bertz CT molecular complexity index is 1260. The summed E-state index contributed by atoms with van der Waals surface area (Å²) < 4.78 is 0. The molecule has 1 unspecified atom stereocenters. The molecule has 1 aliphatic carbocycles. The molecule has 0 saturated carbocycles. The fourth-order valence-corrected chi connectivity index (χ4v) is 5.66. The van der Waals surface area contributed by atoms with E-state index in [4.69, 9.17) is 0 Å². The van der Waals surface area contributed by atoms with E-state index in [0.29, 0.717) is 17.9 Å². The molecule has 188 valence electrons. The van der Waals surface area contributed by atoms with Crippen LogP contribution in [0.5, 0.6) is 0 Å². The number of carbonyl (C=O) groups excluding carboxylic acids is 2. The van der Waals surface area contributed by atoms with Crippen molar-refractivity contribution in [3.63, 3.8) is 0 Å². The molecule has 6 heteroatoms. The Morgan fingerprint density at radius 2 is 1.86 bits per heavy atom. The molecule has 1 aliphatic heterocycles. The number of hydrogen-bond acceptors (Lipinski definition) is 4. The molecule has 1 aromatic heterocycles. The highest BCUT2D eigenvalue weighted by Crippen LogP contribution is 2.33. The minimum absolute atomic E-state index is 0.00489. The molecule has 0 spiro atoms. The second kappa shape index (κ2) is 10.3. The minimum Gasteiger partial charge on any atom is -0.371 e. The molecule has 2 heterocycles. The second-order valence-electron chi connectivity index (χ2n) is 10.7. The van der Waals surface area contributed by atoms with Crippen LogP contribution in [-0.2, 0) is 11.2 Å². The van der Waals surface area contributed by atoms with E-state index in [-0.39, 0.29) is 23.9 Å². The van der Waals surface area contributed by atoms with Crippen LogP contribution in [0.15, 0.2) is 54.9 Å². The third-order valence-electron chi connectivity index (χ3n) is 7.72. The summed E-state index contributed by atoms with van der Waals surface area (Å²) in [6, 6.07) is 14.8. The molecule has 1 N–H and O–H groups in total. The lowest BCUT2D eigenvalue weighted by atomic mass is 9.99. The third-order valence-corrected chi connectivity index (χ3v) is 7.72. The Morgan fingerprint density at radius 3 is 2.64 bits per heavy atom. The van der Waals surface area contributed by atoms with Crippen molar-refractivity contribution < 1.29 is 9.59 Å². The molecule has 5 rings (SSSR count). The van der Waals surface area contributed by atoms with E-state index in [1.807, 2.05) is 36.5 Å². The first-order valence-electron chi connectivity index (χ1n) is 13.2. The Kier molecular flexibility index (Phi) is 6.95. The number of anilines is 1. The van der Waals surface area contributed by atoms with Crippen LogP contribution >= 0.6 is 0 Å². The van der Waals surface area contributed by atoms with E-state index in [9.17, 15) is 9.59 Å². The zero-order valence-corrected chi connectivity index (χ0v) is 21.5. The monoisotopic (exact) mass is 484 g/mol. The van der Waals surface area contributed by atoms with E-state index < -0.39 is 0 Å². The Balaban J connectivity index is 1.22. The lowest BCUT2D eigenvalue weighted by Gasteiger charge is -2.38. The number of amides is 2. The second-order valence-corrected chi connectivity index (χ2v) is 10.7. The molecule has 6 nitrogen and oxygen atoms in total. The van der Waals surface area contributed by atoms with Gasteiger partial charge in [0.2, 0.25) is 5.91 Å². The number of piperidine rings is 1. The number of rotatable bonds is 6.